The fourth-order valence-corrected chi connectivity index (χ4v) is 3.13. The molecule has 1 aliphatic rings. The Kier molecular flexibility index (Phi) is 5.48. The van der Waals surface area contributed by atoms with Crippen molar-refractivity contribution >= 4 is 34.9 Å². The SMILES string of the molecule is CC(=O)NC1Cc2ccc(NC(=S)NOC(=O)c3ccccc3)cc2C1. The molecule has 1 unspecified atom stereocenters. The average Bonchev–Trinajstić information content (AvgIpc) is 3.01. The number of carbonyl (C=O) groups is 2. The number of anilines is 1. The molecule has 1 amide bonds. The Morgan fingerprint density at radius 1 is 1.08 bits per heavy atom. The number of hydroxylamine groups is 1. The minimum Gasteiger partial charge on any atom is -0.353 e. The molecule has 3 N–H and O–H groups in total. The van der Waals surface area contributed by atoms with Crippen molar-refractivity contribution in [1.82, 2.24) is 10.8 Å². The second-order valence-corrected chi connectivity index (χ2v) is 6.51. The molecule has 0 saturated heterocycles. The van der Waals surface area contributed by atoms with Crippen molar-refractivity contribution in [3.63, 3.8) is 0 Å². The quantitative estimate of drug-likeness (QED) is 0.569. The highest BCUT2D eigenvalue weighted by atomic mass is 32.1. The number of hydrogen-bond donors (Lipinski definition) is 3. The molecule has 3 rings (SSSR count). The van der Waals surface area contributed by atoms with Gasteiger partial charge in [0, 0.05) is 18.7 Å². The second kappa shape index (κ2) is 7.97. The van der Waals surface area contributed by atoms with Crippen LogP contribution >= 0.6 is 12.2 Å². The molecule has 7 heteroatoms. The van der Waals surface area contributed by atoms with Gasteiger partial charge in [0.15, 0.2) is 0 Å². The van der Waals surface area contributed by atoms with E-state index in [1.807, 2.05) is 24.3 Å². The molecule has 0 heterocycles. The summed E-state index contributed by atoms with van der Waals surface area (Å²) in [6, 6.07) is 14.7. The molecule has 6 nitrogen and oxygen atoms in total. The molecule has 2 aromatic rings. The van der Waals surface area contributed by atoms with Crippen LogP contribution in [-0.4, -0.2) is 23.0 Å². The van der Waals surface area contributed by atoms with Gasteiger partial charge in [-0.05, 0) is 60.5 Å². The molecule has 0 fully saturated rings. The number of hydrogen-bond acceptors (Lipinski definition) is 4. The zero-order valence-corrected chi connectivity index (χ0v) is 15.1. The van der Waals surface area contributed by atoms with E-state index in [4.69, 9.17) is 17.1 Å². The van der Waals surface area contributed by atoms with Crippen molar-refractivity contribution in [2.24, 2.45) is 0 Å². The van der Waals surface area contributed by atoms with Crippen molar-refractivity contribution in [3.05, 3.63) is 65.2 Å². The summed E-state index contributed by atoms with van der Waals surface area (Å²) in [4.78, 5) is 28.1. The maximum atomic E-state index is 11.9. The number of benzene rings is 2. The first-order chi connectivity index (χ1) is 12.5. The number of thiocarbonyl (C=S) groups is 1. The standard InChI is InChI=1S/C19H19N3O3S/c1-12(23)20-17-9-14-7-8-16(10-15(14)11-17)21-19(26)22-25-18(24)13-5-3-2-4-6-13/h2-8,10,17H,9,11H2,1H3,(H,20,23)(H2,21,22,26). The van der Waals surface area contributed by atoms with Crippen molar-refractivity contribution in [2.75, 3.05) is 5.32 Å². The first-order valence-corrected chi connectivity index (χ1v) is 8.64. The third kappa shape index (κ3) is 4.58. The normalized spacial score (nSPS) is 14.9. The highest BCUT2D eigenvalue weighted by molar-refractivity contribution is 7.80. The topological polar surface area (TPSA) is 79.5 Å². The van der Waals surface area contributed by atoms with E-state index in [0.29, 0.717) is 5.56 Å². The lowest BCUT2D eigenvalue weighted by molar-refractivity contribution is -0.119. The lowest BCUT2D eigenvalue weighted by Gasteiger charge is -2.11. The predicted octanol–water partition coefficient (Wildman–Crippen LogP) is 2.35. The molecular formula is C19H19N3O3S. The van der Waals surface area contributed by atoms with Gasteiger partial charge in [0.1, 0.15) is 0 Å². The molecule has 134 valence electrons. The molecule has 0 aliphatic heterocycles. The first-order valence-electron chi connectivity index (χ1n) is 8.23. The fourth-order valence-electron chi connectivity index (χ4n) is 2.97. The molecule has 2 aromatic carbocycles. The average molecular weight is 369 g/mol. The Morgan fingerprint density at radius 2 is 1.81 bits per heavy atom. The van der Waals surface area contributed by atoms with Crippen LogP contribution in [0.4, 0.5) is 5.69 Å². The van der Waals surface area contributed by atoms with Gasteiger partial charge in [0.25, 0.3) is 0 Å². The molecule has 0 radical (unpaired) electrons. The van der Waals surface area contributed by atoms with Crippen molar-refractivity contribution in [3.8, 4) is 0 Å². The molecule has 1 atom stereocenters. The third-order valence-corrected chi connectivity index (χ3v) is 4.24. The van der Waals surface area contributed by atoms with Crippen LogP contribution in [0.25, 0.3) is 0 Å². The van der Waals surface area contributed by atoms with Crippen LogP contribution in [0, 0.1) is 0 Å². The van der Waals surface area contributed by atoms with E-state index in [-0.39, 0.29) is 17.1 Å². The molecule has 0 saturated carbocycles. The van der Waals surface area contributed by atoms with E-state index >= 15 is 0 Å². The van der Waals surface area contributed by atoms with Gasteiger partial charge >= 0.3 is 5.97 Å². The third-order valence-electron chi connectivity index (χ3n) is 4.05. The van der Waals surface area contributed by atoms with Gasteiger partial charge in [-0.3, -0.25) is 4.79 Å². The second-order valence-electron chi connectivity index (χ2n) is 6.10. The lowest BCUT2D eigenvalue weighted by atomic mass is 10.1. The largest absolute Gasteiger partial charge is 0.362 e. The minimum atomic E-state index is -0.512. The van der Waals surface area contributed by atoms with Gasteiger partial charge in [0.05, 0.1) is 5.56 Å². The summed E-state index contributed by atoms with van der Waals surface area (Å²) in [6.45, 7) is 1.52. The van der Waals surface area contributed by atoms with Gasteiger partial charge in [0.2, 0.25) is 11.0 Å². The fraction of sp³-hybridized carbons (Fsp3) is 0.211. The van der Waals surface area contributed by atoms with Crippen LogP contribution in [-0.2, 0) is 22.5 Å². The van der Waals surface area contributed by atoms with Gasteiger partial charge in [-0.1, -0.05) is 24.3 Å². The van der Waals surface area contributed by atoms with Crippen LogP contribution < -0.4 is 16.1 Å². The lowest BCUT2D eigenvalue weighted by Crippen LogP contribution is -2.33. The van der Waals surface area contributed by atoms with Crippen LogP contribution in [0.5, 0.6) is 0 Å². The van der Waals surface area contributed by atoms with Crippen molar-refractivity contribution < 1.29 is 14.4 Å². The molecule has 0 aromatic heterocycles. The van der Waals surface area contributed by atoms with Crippen LogP contribution in [0.1, 0.15) is 28.4 Å². The van der Waals surface area contributed by atoms with Crippen molar-refractivity contribution in [2.45, 2.75) is 25.8 Å². The maximum absolute atomic E-state index is 11.9. The zero-order valence-electron chi connectivity index (χ0n) is 14.2. The molecular weight excluding hydrogens is 350 g/mol. The maximum Gasteiger partial charge on any atom is 0.362 e. The molecule has 0 bridgehead atoms. The Labute approximate surface area is 156 Å². The number of fused-ring (bicyclic) bond motifs is 1. The molecule has 1 aliphatic carbocycles. The minimum absolute atomic E-state index is 0.0215. The van der Waals surface area contributed by atoms with Gasteiger partial charge in [-0.25, -0.2) is 4.79 Å². The first kappa shape index (κ1) is 17.9. The van der Waals surface area contributed by atoms with E-state index in [1.54, 1.807) is 24.3 Å². The predicted molar refractivity (Wildman–Crippen MR) is 103 cm³/mol. The summed E-state index contributed by atoms with van der Waals surface area (Å²) in [6.07, 6.45) is 1.61. The summed E-state index contributed by atoms with van der Waals surface area (Å²) in [5.41, 5.74) is 6.05. The summed E-state index contributed by atoms with van der Waals surface area (Å²) < 4.78 is 0. The molecule has 26 heavy (non-hydrogen) atoms. The van der Waals surface area contributed by atoms with Crippen LogP contribution in [0.3, 0.4) is 0 Å². The Balaban J connectivity index is 1.53. The van der Waals surface area contributed by atoms with E-state index in [9.17, 15) is 9.59 Å². The van der Waals surface area contributed by atoms with E-state index < -0.39 is 5.97 Å². The highest BCUT2D eigenvalue weighted by Gasteiger charge is 2.22. The Bertz CT molecular complexity index is 839. The van der Waals surface area contributed by atoms with E-state index in [2.05, 4.69) is 16.1 Å². The van der Waals surface area contributed by atoms with Gasteiger partial charge in [-0.15, -0.1) is 0 Å². The van der Waals surface area contributed by atoms with E-state index in [0.717, 1.165) is 24.1 Å². The smallest absolute Gasteiger partial charge is 0.353 e. The van der Waals surface area contributed by atoms with Crippen LogP contribution in [0.15, 0.2) is 48.5 Å². The van der Waals surface area contributed by atoms with Crippen LogP contribution in [0.2, 0.25) is 0 Å². The number of amides is 1. The summed E-state index contributed by atoms with van der Waals surface area (Å²) in [5.74, 6) is -0.534. The number of carbonyl (C=O) groups excluding carboxylic acids is 2. The highest BCUT2D eigenvalue weighted by Crippen LogP contribution is 2.25. The number of rotatable bonds is 3. The Morgan fingerprint density at radius 3 is 2.54 bits per heavy atom. The number of nitrogens with one attached hydrogen (secondary N) is 3. The summed E-state index contributed by atoms with van der Waals surface area (Å²) in [7, 11) is 0. The Hall–Kier alpha value is -2.93. The summed E-state index contributed by atoms with van der Waals surface area (Å²) >= 11 is 5.16. The summed E-state index contributed by atoms with van der Waals surface area (Å²) in [5, 5.41) is 6.12. The van der Waals surface area contributed by atoms with Gasteiger partial charge < -0.3 is 15.5 Å². The van der Waals surface area contributed by atoms with Crippen molar-refractivity contribution in [1.29, 1.82) is 0 Å². The van der Waals surface area contributed by atoms with Gasteiger partial charge in [-0.2, -0.15) is 5.48 Å². The monoisotopic (exact) mass is 369 g/mol. The molecule has 0 spiro atoms. The zero-order chi connectivity index (χ0) is 18.5. The van der Waals surface area contributed by atoms with E-state index in [1.165, 1.54) is 12.5 Å².